The summed E-state index contributed by atoms with van der Waals surface area (Å²) in [6.45, 7) is 0. The van der Waals surface area contributed by atoms with E-state index in [1.165, 1.54) is 16.9 Å². The van der Waals surface area contributed by atoms with Crippen LogP contribution in [0.25, 0.3) is 11.8 Å². The number of thiazole rings is 1. The van der Waals surface area contributed by atoms with Crippen molar-refractivity contribution in [3.05, 3.63) is 117 Å². The minimum atomic E-state index is -0.263. The van der Waals surface area contributed by atoms with Crippen LogP contribution in [0.4, 0.5) is 0 Å². The largest absolute Gasteiger partial charge is 0.506 e. The number of fused-ring (bicyclic) bond motifs is 3. The van der Waals surface area contributed by atoms with Crippen LogP contribution in [-0.2, 0) is 6.42 Å². The first-order chi connectivity index (χ1) is 17.4. The molecule has 2 heterocycles. The van der Waals surface area contributed by atoms with Crippen molar-refractivity contribution in [2.75, 3.05) is 7.11 Å². The van der Waals surface area contributed by atoms with E-state index in [-0.39, 0.29) is 17.4 Å². The molecule has 2 aliphatic rings. The lowest BCUT2D eigenvalue weighted by Crippen LogP contribution is -2.38. The number of aromatic nitrogens is 1. The van der Waals surface area contributed by atoms with Gasteiger partial charge in [0.15, 0.2) is 4.80 Å². The number of ether oxygens (including phenoxy) is 1. The molecule has 0 unspecified atom stereocenters. The van der Waals surface area contributed by atoms with Gasteiger partial charge < -0.3 is 9.84 Å². The number of rotatable bonds is 3. The fourth-order valence-electron chi connectivity index (χ4n) is 4.95. The molecule has 0 saturated heterocycles. The monoisotopic (exact) mass is 622 g/mol. The average Bonchev–Trinajstić information content (AvgIpc) is 3.20. The second-order valence-electron chi connectivity index (χ2n) is 8.71. The Morgan fingerprint density at radius 1 is 1.11 bits per heavy atom. The number of nitrogens with zero attached hydrogens (tertiary/aromatic N) is 2. The lowest BCUT2D eigenvalue weighted by molar-refractivity contribution is 0.414. The third kappa shape index (κ3) is 3.88. The highest BCUT2D eigenvalue weighted by molar-refractivity contribution is 9.11. The summed E-state index contributed by atoms with van der Waals surface area (Å²) in [5.41, 5.74) is 5.94. The van der Waals surface area contributed by atoms with Crippen molar-refractivity contribution in [3.63, 3.8) is 0 Å². The van der Waals surface area contributed by atoms with Gasteiger partial charge in [0.05, 0.1) is 27.9 Å². The van der Waals surface area contributed by atoms with Crippen LogP contribution in [0.1, 0.15) is 34.7 Å². The maximum absolute atomic E-state index is 13.9. The molecule has 5 nitrogen and oxygen atoms in total. The van der Waals surface area contributed by atoms with Crippen molar-refractivity contribution in [3.8, 4) is 11.5 Å². The molecule has 0 radical (unpaired) electrons. The van der Waals surface area contributed by atoms with E-state index < -0.39 is 0 Å². The summed E-state index contributed by atoms with van der Waals surface area (Å²) in [6.07, 6.45) is 3.47. The second-order valence-corrected chi connectivity index (χ2v) is 11.5. The van der Waals surface area contributed by atoms with Gasteiger partial charge in [-0.2, -0.15) is 0 Å². The van der Waals surface area contributed by atoms with Crippen molar-refractivity contribution in [2.24, 2.45) is 4.99 Å². The molecule has 4 aromatic rings. The Morgan fingerprint density at radius 3 is 2.67 bits per heavy atom. The zero-order chi connectivity index (χ0) is 25.0. The molecule has 1 aliphatic carbocycles. The Morgan fingerprint density at radius 2 is 1.89 bits per heavy atom. The first-order valence-electron chi connectivity index (χ1n) is 11.4. The van der Waals surface area contributed by atoms with Crippen LogP contribution in [0.15, 0.2) is 85.0 Å². The van der Waals surface area contributed by atoms with E-state index in [4.69, 9.17) is 9.73 Å². The zero-order valence-corrected chi connectivity index (χ0v) is 23.2. The molecule has 0 amide bonds. The number of aryl methyl sites for hydroxylation is 1. The first-order valence-corrected chi connectivity index (χ1v) is 13.8. The van der Waals surface area contributed by atoms with Gasteiger partial charge in [-0.15, -0.1) is 0 Å². The Hall–Kier alpha value is -2.94. The number of aromatic hydroxyl groups is 1. The third-order valence-electron chi connectivity index (χ3n) is 6.65. The molecule has 1 aromatic heterocycles. The maximum atomic E-state index is 13.9. The molecule has 1 N–H and O–H groups in total. The summed E-state index contributed by atoms with van der Waals surface area (Å²) < 4.78 is 9.04. The van der Waals surface area contributed by atoms with Crippen molar-refractivity contribution in [1.29, 1.82) is 0 Å². The fraction of sp³-hybridized carbons (Fsp3) is 0.143. The number of halogens is 2. The normalized spacial score (nSPS) is 16.8. The number of benzene rings is 3. The van der Waals surface area contributed by atoms with Gasteiger partial charge in [0.2, 0.25) is 0 Å². The van der Waals surface area contributed by atoms with Gasteiger partial charge >= 0.3 is 0 Å². The van der Waals surface area contributed by atoms with Crippen LogP contribution in [0, 0.1) is 0 Å². The van der Waals surface area contributed by atoms with Crippen molar-refractivity contribution >= 4 is 55.0 Å². The van der Waals surface area contributed by atoms with Gasteiger partial charge in [0.25, 0.3) is 5.56 Å². The van der Waals surface area contributed by atoms with Crippen LogP contribution >= 0.6 is 43.2 Å². The zero-order valence-electron chi connectivity index (χ0n) is 19.2. The van der Waals surface area contributed by atoms with Crippen LogP contribution in [-0.4, -0.2) is 16.8 Å². The van der Waals surface area contributed by atoms with Crippen molar-refractivity contribution < 1.29 is 9.84 Å². The maximum Gasteiger partial charge on any atom is 0.271 e. The van der Waals surface area contributed by atoms with Crippen LogP contribution in [0.2, 0.25) is 0 Å². The highest BCUT2D eigenvalue weighted by Gasteiger charge is 2.32. The van der Waals surface area contributed by atoms with E-state index >= 15 is 0 Å². The summed E-state index contributed by atoms with van der Waals surface area (Å²) in [5.74, 6) is 0.856. The van der Waals surface area contributed by atoms with Gasteiger partial charge in [0.1, 0.15) is 11.5 Å². The lowest BCUT2D eigenvalue weighted by atomic mass is 9.83. The average molecular weight is 624 g/mol. The second kappa shape index (κ2) is 9.18. The number of hydrogen-bond donors (Lipinski definition) is 1. The van der Waals surface area contributed by atoms with E-state index in [0.29, 0.717) is 19.4 Å². The molecule has 1 atom stereocenters. The Kier molecular flexibility index (Phi) is 5.98. The number of phenolic OH excluding ortho intramolecular Hbond substituents is 1. The molecular weight excluding hydrogens is 604 g/mol. The predicted molar refractivity (Wildman–Crippen MR) is 149 cm³/mol. The van der Waals surface area contributed by atoms with Crippen molar-refractivity contribution in [1.82, 2.24) is 4.57 Å². The van der Waals surface area contributed by atoms with Crippen LogP contribution in [0.3, 0.4) is 0 Å². The molecule has 8 heteroatoms. The lowest BCUT2D eigenvalue weighted by Gasteiger charge is -2.30. The van der Waals surface area contributed by atoms with E-state index in [0.717, 1.165) is 45.5 Å². The van der Waals surface area contributed by atoms with Gasteiger partial charge in [-0.1, -0.05) is 63.7 Å². The molecule has 36 heavy (non-hydrogen) atoms. The SMILES string of the molecule is COc1ccc([C@@H]2C3=C(N=c4s/c(=C/c5cc(Br)cc(Br)c5O)c(=O)n42)c2ccccc2CC3)cc1. The third-order valence-corrected chi connectivity index (χ3v) is 8.69. The topological polar surface area (TPSA) is 63.8 Å². The molecule has 0 bridgehead atoms. The molecule has 180 valence electrons. The van der Waals surface area contributed by atoms with Crippen LogP contribution in [0.5, 0.6) is 11.5 Å². The molecular formula is C28H20Br2N2O3S. The summed E-state index contributed by atoms with van der Waals surface area (Å²) in [6, 6.07) is 19.6. The summed E-state index contributed by atoms with van der Waals surface area (Å²) in [4.78, 5) is 19.5. The van der Waals surface area contributed by atoms with Gasteiger partial charge in [-0.05, 0) is 75.8 Å². The standard InChI is InChI=1S/C28H20Br2N2O3S/c1-35-19-9-6-16(7-10-19)25-21-11-8-15-4-2-3-5-20(15)24(21)31-28-32(25)27(34)23(36-28)13-17-12-18(29)14-22(30)26(17)33/h2-7,9-10,12-14,25,33H,8,11H2,1H3/b23-13+/t25-/m1/s1. The van der Waals surface area contributed by atoms with Gasteiger partial charge in [-0.3, -0.25) is 9.36 Å². The predicted octanol–water partition coefficient (Wildman–Crippen LogP) is 5.56. The highest BCUT2D eigenvalue weighted by Crippen LogP contribution is 2.41. The first kappa shape index (κ1) is 23.5. The highest BCUT2D eigenvalue weighted by atomic mass is 79.9. The van der Waals surface area contributed by atoms with E-state index in [1.54, 1.807) is 29.9 Å². The van der Waals surface area contributed by atoms with Gasteiger partial charge in [0, 0.05) is 15.6 Å². The number of allylic oxidation sites excluding steroid dienone is 1. The van der Waals surface area contributed by atoms with Gasteiger partial charge in [-0.25, -0.2) is 4.99 Å². The summed E-state index contributed by atoms with van der Waals surface area (Å²) in [7, 11) is 1.65. The molecule has 3 aromatic carbocycles. The van der Waals surface area contributed by atoms with E-state index in [1.807, 2.05) is 30.3 Å². The number of phenols is 1. The molecule has 0 saturated carbocycles. The smallest absolute Gasteiger partial charge is 0.271 e. The number of hydrogen-bond acceptors (Lipinski definition) is 5. The molecule has 0 fully saturated rings. The molecule has 6 rings (SSSR count). The summed E-state index contributed by atoms with van der Waals surface area (Å²) in [5, 5.41) is 10.6. The minimum Gasteiger partial charge on any atom is -0.506 e. The van der Waals surface area contributed by atoms with E-state index in [9.17, 15) is 9.90 Å². The Bertz CT molecular complexity index is 1740. The number of methoxy groups -OCH3 is 1. The Balaban J connectivity index is 1.62. The Labute approximate surface area is 228 Å². The molecule has 1 aliphatic heterocycles. The van der Waals surface area contributed by atoms with Crippen molar-refractivity contribution in [2.45, 2.75) is 18.9 Å². The van der Waals surface area contributed by atoms with Crippen LogP contribution < -0.4 is 19.6 Å². The minimum absolute atomic E-state index is 0.0870. The van der Waals surface area contributed by atoms with E-state index in [2.05, 4.69) is 50.1 Å². The molecule has 0 spiro atoms. The quantitative estimate of drug-likeness (QED) is 0.325. The fourth-order valence-corrected chi connectivity index (χ4v) is 7.20. The summed E-state index contributed by atoms with van der Waals surface area (Å²) >= 11 is 8.19.